The second kappa shape index (κ2) is 4.44. The van der Waals surface area contributed by atoms with E-state index in [0.717, 1.165) is 23.7 Å². The predicted molar refractivity (Wildman–Crippen MR) is 57.3 cm³/mol. The molecule has 1 aliphatic rings. The Labute approximate surface area is 83.3 Å². The van der Waals surface area contributed by atoms with Gasteiger partial charge < -0.3 is 10.0 Å². The fourth-order valence-electron chi connectivity index (χ4n) is 1.31. The van der Waals surface area contributed by atoms with Crippen LogP contribution in [0.25, 0.3) is 0 Å². The molecular formula is C8H15NOS2. The van der Waals surface area contributed by atoms with Crippen LogP contribution in [0.3, 0.4) is 0 Å². The van der Waals surface area contributed by atoms with Crippen LogP contribution in [0.2, 0.25) is 0 Å². The van der Waals surface area contributed by atoms with Gasteiger partial charge in [-0.05, 0) is 6.42 Å². The lowest BCUT2D eigenvalue weighted by atomic mass is 10.2. The Balaban J connectivity index is 2.54. The Kier molecular flexibility index (Phi) is 3.80. The normalized spacial score (nSPS) is 30.9. The van der Waals surface area contributed by atoms with Crippen molar-refractivity contribution in [2.24, 2.45) is 0 Å². The van der Waals surface area contributed by atoms with Crippen LogP contribution in [0.15, 0.2) is 0 Å². The fraction of sp³-hybridized carbons (Fsp3) is 0.875. The first-order valence-corrected chi connectivity index (χ1v) is 5.59. The topological polar surface area (TPSA) is 23.5 Å². The molecule has 0 aliphatic carbocycles. The van der Waals surface area contributed by atoms with Crippen molar-refractivity contribution in [2.45, 2.75) is 38.2 Å². The molecule has 0 aromatic heterocycles. The lowest BCUT2D eigenvalue weighted by Gasteiger charge is -2.36. The highest BCUT2D eigenvalue weighted by Gasteiger charge is 2.27. The van der Waals surface area contributed by atoms with Crippen molar-refractivity contribution in [1.29, 1.82) is 0 Å². The van der Waals surface area contributed by atoms with E-state index < -0.39 is 0 Å². The van der Waals surface area contributed by atoms with E-state index in [1.54, 1.807) is 11.8 Å². The smallest absolute Gasteiger partial charge is 0.138 e. The van der Waals surface area contributed by atoms with E-state index in [9.17, 15) is 5.11 Å². The maximum absolute atomic E-state index is 9.67. The van der Waals surface area contributed by atoms with Crippen molar-refractivity contribution in [3.63, 3.8) is 0 Å². The zero-order valence-electron chi connectivity index (χ0n) is 7.49. The summed E-state index contributed by atoms with van der Waals surface area (Å²) in [7, 11) is 0. The molecule has 1 fully saturated rings. The Hall–Kier alpha value is 0.200. The minimum atomic E-state index is -0.353. The van der Waals surface area contributed by atoms with E-state index in [2.05, 4.69) is 13.8 Å². The summed E-state index contributed by atoms with van der Waals surface area (Å²) in [6.45, 7) is 5.07. The quantitative estimate of drug-likeness (QED) is 0.695. The first-order valence-electron chi connectivity index (χ1n) is 4.30. The van der Waals surface area contributed by atoms with Gasteiger partial charge in [0.25, 0.3) is 0 Å². The molecule has 0 bridgehead atoms. The van der Waals surface area contributed by atoms with Gasteiger partial charge in [-0.25, -0.2) is 0 Å². The molecule has 2 unspecified atom stereocenters. The molecule has 4 heteroatoms. The van der Waals surface area contributed by atoms with Crippen molar-refractivity contribution in [1.82, 2.24) is 4.90 Å². The molecule has 1 N–H and O–H groups in total. The highest BCUT2D eigenvalue weighted by molar-refractivity contribution is 8.23. The van der Waals surface area contributed by atoms with Gasteiger partial charge >= 0.3 is 0 Å². The number of thioether (sulfide) groups is 1. The van der Waals surface area contributed by atoms with Crippen LogP contribution < -0.4 is 0 Å². The zero-order chi connectivity index (χ0) is 9.14. The Morgan fingerprint density at radius 1 is 1.75 bits per heavy atom. The summed E-state index contributed by atoms with van der Waals surface area (Å²) < 4.78 is 0.850. The Morgan fingerprint density at radius 3 is 2.92 bits per heavy atom. The predicted octanol–water partition coefficient (Wildman–Crippen LogP) is 1.83. The van der Waals surface area contributed by atoms with E-state index in [1.807, 2.05) is 4.90 Å². The molecule has 1 heterocycles. The molecular weight excluding hydrogens is 190 g/mol. The average molecular weight is 205 g/mol. The third kappa shape index (κ3) is 2.34. The van der Waals surface area contributed by atoms with Crippen LogP contribution in [0.5, 0.6) is 0 Å². The number of rotatable bonds is 2. The van der Waals surface area contributed by atoms with Crippen LogP contribution in [-0.2, 0) is 0 Å². The molecule has 1 saturated heterocycles. The summed E-state index contributed by atoms with van der Waals surface area (Å²) in [6, 6.07) is 0. The van der Waals surface area contributed by atoms with Crippen LogP contribution in [-0.4, -0.2) is 32.3 Å². The van der Waals surface area contributed by atoms with Crippen molar-refractivity contribution < 1.29 is 5.11 Å². The number of hydrogen-bond donors (Lipinski definition) is 1. The highest BCUT2D eigenvalue weighted by Crippen LogP contribution is 2.28. The molecule has 1 rings (SSSR count). The van der Waals surface area contributed by atoms with Crippen LogP contribution >= 0.6 is 24.0 Å². The van der Waals surface area contributed by atoms with E-state index in [-0.39, 0.29) is 6.23 Å². The molecule has 70 valence electrons. The molecule has 0 aromatic carbocycles. The first-order chi connectivity index (χ1) is 5.65. The van der Waals surface area contributed by atoms with Gasteiger partial charge in [0, 0.05) is 18.2 Å². The zero-order valence-corrected chi connectivity index (χ0v) is 9.12. The lowest BCUT2D eigenvalue weighted by molar-refractivity contribution is 0.0475. The van der Waals surface area contributed by atoms with Gasteiger partial charge in [0.2, 0.25) is 0 Å². The molecule has 0 aromatic rings. The molecule has 0 amide bonds. The number of aliphatic hydroxyl groups is 1. The van der Waals surface area contributed by atoms with Crippen molar-refractivity contribution in [3.8, 4) is 0 Å². The number of thiocarbonyl (C=S) groups is 1. The third-order valence-corrected chi connectivity index (χ3v) is 3.46. The van der Waals surface area contributed by atoms with E-state index in [1.165, 1.54) is 0 Å². The first kappa shape index (κ1) is 10.3. The number of aliphatic hydroxyl groups excluding tert-OH is 1. The molecule has 0 saturated carbocycles. The maximum Gasteiger partial charge on any atom is 0.138 e. The van der Waals surface area contributed by atoms with Gasteiger partial charge in [-0.15, -0.1) is 0 Å². The summed E-state index contributed by atoms with van der Waals surface area (Å²) in [5.74, 6) is 0. The Bertz CT molecular complexity index is 174. The SMILES string of the molecule is CCCN1C(=S)SC(C)CC1O. The van der Waals surface area contributed by atoms with Gasteiger partial charge in [-0.1, -0.05) is 37.8 Å². The van der Waals surface area contributed by atoms with Gasteiger partial charge in [0.15, 0.2) is 0 Å². The average Bonchev–Trinajstić information content (AvgIpc) is 1.96. The second-order valence-corrected chi connectivity index (χ2v) is 5.18. The van der Waals surface area contributed by atoms with E-state index in [4.69, 9.17) is 12.2 Å². The van der Waals surface area contributed by atoms with Crippen molar-refractivity contribution in [2.75, 3.05) is 6.54 Å². The number of nitrogens with zero attached hydrogens (tertiary/aromatic N) is 1. The van der Waals surface area contributed by atoms with Gasteiger partial charge in [-0.2, -0.15) is 0 Å². The summed E-state index contributed by atoms with van der Waals surface area (Å²) in [5.41, 5.74) is 0. The van der Waals surface area contributed by atoms with Crippen molar-refractivity contribution in [3.05, 3.63) is 0 Å². The molecule has 2 atom stereocenters. The van der Waals surface area contributed by atoms with E-state index >= 15 is 0 Å². The van der Waals surface area contributed by atoms with Gasteiger partial charge in [-0.3, -0.25) is 0 Å². The number of hydrogen-bond acceptors (Lipinski definition) is 3. The monoisotopic (exact) mass is 205 g/mol. The van der Waals surface area contributed by atoms with Crippen LogP contribution in [0.4, 0.5) is 0 Å². The molecule has 0 spiro atoms. The summed E-state index contributed by atoms with van der Waals surface area (Å²) in [5, 5.41) is 10.1. The largest absolute Gasteiger partial charge is 0.374 e. The summed E-state index contributed by atoms with van der Waals surface area (Å²) in [6.07, 6.45) is 1.51. The molecule has 12 heavy (non-hydrogen) atoms. The highest BCUT2D eigenvalue weighted by atomic mass is 32.2. The third-order valence-electron chi connectivity index (χ3n) is 1.90. The van der Waals surface area contributed by atoms with Crippen LogP contribution in [0, 0.1) is 0 Å². The van der Waals surface area contributed by atoms with Crippen LogP contribution in [0.1, 0.15) is 26.7 Å². The van der Waals surface area contributed by atoms with Gasteiger partial charge in [0.05, 0.1) is 0 Å². The lowest BCUT2D eigenvalue weighted by Crippen LogP contribution is -2.44. The maximum atomic E-state index is 9.67. The molecule has 2 nitrogen and oxygen atoms in total. The van der Waals surface area contributed by atoms with Gasteiger partial charge in [0.1, 0.15) is 10.5 Å². The summed E-state index contributed by atoms with van der Waals surface area (Å²) in [4.78, 5) is 1.92. The van der Waals surface area contributed by atoms with Crippen molar-refractivity contribution >= 4 is 28.3 Å². The minimum Gasteiger partial charge on any atom is -0.374 e. The minimum absolute atomic E-state index is 0.353. The van der Waals surface area contributed by atoms with E-state index in [0.29, 0.717) is 5.25 Å². The summed E-state index contributed by atoms with van der Waals surface area (Å²) >= 11 is 6.87. The Morgan fingerprint density at radius 2 is 2.42 bits per heavy atom. The molecule has 1 aliphatic heterocycles. The second-order valence-electron chi connectivity index (χ2n) is 3.10. The standard InChI is InChI=1S/C8H15NOS2/c1-3-4-9-7(10)5-6(2)12-8(9)11/h6-7,10H,3-5H2,1-2H3. The fourth-order valence-corrected chi connectivity index (χ4v) is 2.98. The molecule has 0 radical (unpaired) electrons.